The van der Waals surface area contributed by atoms with E-state index in [4.69, 9.17) is 0 Å². The van der Waals surface area contributed by atoms with Crippen LogP contribution in [0.5, 0.6) is 0 Å². The van der Waals surface area contributed by atoms with Crippen molar-refractivity contribution in [2.24, 2.45) is 10.8 Å². The highest BCUT2D eigenvalue weighted by molar-refractivity contribution is 5.95. The number of rotatable bonds is 1. The number of aryl methyl sites for hydroxylation is 1. The molecule has 20 heavy (non-hydrogen) atoms. The summed E-state index contributed by atoms with van der Waals surface area (Å²) in [6, 6.07) is 0.371. The van der Waals surface area contributed by atoms with Gasteiger partial charge in [-0.3, -0.25) is 4.79 Å². The molecule has 1 amide bonds. The summed E-state index contributed by atoms with van der Waals surface area (Å²) in [7, 11) is 0. The summed E-state index contributed by atoms with van der Waals surface area (Å²) in [5.41, 5.74) is 2.03. The summed E-state index contributed by atoms with van der Waals surface area (Å²) in [6.45, 7) is 9.71. The molecule has 1 aliphatic heterocycles. The molecule has 0 unspecified atom stereocenters. The average Bonchev–Trinajstić information content (AvgIpc) is 2.58. The quantitative estimate of drug-likeness (QED) is 0.790. The van der Waals surface area contributed by atoms with Crippen LogP contribution < -0.4 is 0 Å². The van der Waals surface area contributed by atoms with E-state index in [9.17, 15) is 4.79 Å². The van der Waals surface area contributed by atoms with Crippen molar-refractivity contribution in [2.75, 3.05) is 6.54 Å². The third kappa shape index (κ3) is 2.21. The van der Waals surface area contributed by atoms with Crippen LogP contribution in [0.4, 0.5) is 0 Å². The number of nitrogens with zero attached hydrogens (tertiary/aromatic N) is 3. The van der Waals surface area contributed by atoms with E-state index < -0.39 is 0 Å². The molecule has 1 aromatic rings. The first kappa shape index (κ1) is 13.5. The van der Waals surface area contributed by atoms with E-state index in [1.54, 1.807) is 6.20 Å². The van der Waals surface area contributed by atoms with Crippen LogP contribution in [0.1, 0.15) is 56.1 Å². The Labute approximate surface area is 120 Å². The SMILES string of the molecule is Cc1ncncc1C(=O)N1C[C@]2(C)C[C@H]1CC(C)(C)C2. The van der Waals surface area contributed by atoms with Gasteiger partial charge in [-0.05, 0) is 37.0 Å². The van der Waals surface area contributed by atoms with Crippen LogP contribution in [-0.2, 0) is 0 Å². The van der Waals surface area contributed by atoms with Gasteiger partial charge in [-0.25, -0.2) is 9.97 Å². The molecule has 1 aliphatic carbocycles. The summed E-state index contributed by atoms with van der Waals surface area (Å²) < 4.78 is 0. The van der Waals surface area contributed by atoms with Gasteiger partial charge in [0.05, 0.1) is 11.3 Å². The topological polar surface area (TPSA) is 46.1 Å². The molecule has 0 spiro atoms. The van der Waals surface area contributed by atoms with E-state index in [1.165, 1.54) is 12.7 Å². The molecule has 2 aliphatic rings. The van der Waals surface area contributed by atoms with Crippen LogP contribution in [0.3, 0.4) is 0 Å². The van der Waals surface area contributed by atoms with E-state index in [2.05, 4.69) is 35.6 Å². The summed E-state index contributed by atoms with van der Waals surface area (Å²) in [5, 5.41) is 0. The number of likely N-dealkylation sites (tertiary alicyclic amines) is 1. The number of amides is 1. The van der Waals surface area contributed by atoms with Crippen molar-refractivity contribution in [3.05, 3.63) is 23.8 Å². The Morgan fingerprint density at radius 1 is 1.35 bits per heavy atom. The molecule has 2 heterocycles. The molecule has 2 atom stereocenters. The molecular weight excluding hydrogens is 250 g/mol. The zero-order valence-electron chi connectivity index (χ0n) is 12.8. The first-order chi connectivity index (χ1) is 9.30. The lowest BCUT2D eigenvalue weighted by atomic mass is 9.65. The Morgan fingerprint density at radius 3 is 2.80 bits per heavy atom. The Morgan fingerprint density at radius 2 is 2.10 bits per heavy atom. The summed E-state index contributed by atoms with van der Waals surface area (Å²) in [5.74, 6) is 0.106. The zero-order chi connectivity index (χ0) is 14.5. The van der Waals surface area contributed by atoms with Crippen molar-refractivity contribution in [2.45, 2.75) is 53.0 Å². The minimum atomic E-state index is 0.106. The number of aromatic nitrogens is 2. The largest absolute Gasteiger partial charge is 0.335 e. The van der Waals surface area contributed by atoms with Crippen LogP contribution in [0.25, 0.3) is 0 Å². The number of carbonyl (C=O) groups is 1. The van der Waals surface area contributed by atoms with Gasteiger partial charge in [0.15, 0.2) is 0 Å². The average molecular weight is 273 g/mol. The maximum atomic E-state index is 12.8. The summed E-state index contributed by atoms with van der Waals surface area (Å²) in [4.78, 5) is 23.0. The van der Waals surface area contributed by atoms with Gasteiger partial charge in [0, 0.05) is 18.8 Å². The van der Waals surface area contributed by atoms with E-state index in [1.807, 2.05) is 6.92 Å². The van der Waals surface area contributed by atoms with Gasteiger partial charge in [0.1, 0.15) is 6.33 Å². The van der Waals surface area contributed by atoms with Gasteiger partial charge in [-0.1, -0.05) is 20.8 Å². The van der Waals surface area contributed by atoms with Gasteiger partial charge in [-0.2, -0.15) is 0 Å². The lowest BCUT2D eigenvalue weighted by Gasteiger charge is -2.39. The number of fused-ring (bicyclic) bond motifs is 2. The molecule has 0 radical (unpaired) electrons. The highest BCUT2D eigenvalue weighted by Gasteiger charge is 2.51. The van der Waals surface area contributed by atoms with Crippen molar-refractivity contribution in [1.29, 1.82) is 0 Å². The molecule has 1 saturated heterocycles. The second-order valence-corrected chi connectivity index (χ2v) is 7.67. The van der Waals surface area contributed by atoms with Crippen LogP contribution in [0.2, 0.25) is 0 Å². The molecule has 1 aromatic heterocycles. The summed E-state index contributed by atoms with van der Waals surface area (Å²) in [6.07, 6.45) is 6.58. The van der Waals surface area contributed by atoms with Crippen LogP contribution in [0.15, 0.2) is 12.5 Å². The molecule has 108 valence electrons. The predicted octanol–water partition coefficient (Wildman–Crippen LogP) is 2.83. The Balaban J connectivity index is 1.89. The lowest BCUT2D eigenvalue weighted by molar-refractivity contribution is 0.0706. The molecule has 3 rings (SSSR count). The predicted molar refractivity (Wildman–Crippen MR) is 77.3 cm³/mol. The normalized spacial score (nSPS) is 31.4. The smallest absolute Gasteiger partial charge is 0.257 e. The van der Waals surface area contributed by atoms with Crippen molar-refractivity contribution < 1.29 is 4.79 Å². The van der Waals surface area contributed by atoms with Crippen molar-refractivity contribution in [3.63, 3.8) is 0 Å². The van der Waals surface area contributed by atoms with Crippen molar-refractivity contribution >= 4 is 5.91 Å². The fourth-order valence-electron chi connectivity index (χ4n) is 4.45. The Kier molecular flexibility index (Phi) is 2.89. The van der Waals surface area contributed by atoms with E-state index >= 15 is 0 Å². The first-order valence-electron chi connectivity index (χ1n) is 7.37. The van der Waals surface area contributed by atoms with E-state index in [-0.39, 0.29) is 11.3 Å². The third-order valence-corrected chi connectivity index (χ3v) is 4.82. The standard InChI is InChI=1S/C16H23N3O/c1-11-13(7-17-10-18-11)14(20)19-9-16(4)6-12(19)5-15(2,3)8-16/h7,10,12H,5-6,8-9H2,1-4H3/t12-,16-/m1/s1. The number of hydrogen-bond donors (Lipinski definition) is 0. The minimum absolute atomic E-state index is 0.106. The molecule has 0 aromatic carbocycles. The fourth-order valence-corrected chi connectivity index (χ4v) is 4.45. The van der Waals surface area contributed by atoms with Crippen LogP contribution >= 0.6 is 0 Å². The molecule has 2 bridgehead atoms. The van der Waals surface area contributed by atoms with Gasteiger partial charge in [0.25, 0.3) is 5.91 Å². The van der Waals surface area contributed by atoms with Crippen LogP contribution in [-0.4, -0.2) is 33.4 Å². The lowest BCUT2D eigenvalue weighted by Crippen LogP contribution is -2.38. The van der Waals surface area contributed by atoms with Crippen LogP contribution in [0, 0.1) is 17.8 Å². The highest BCUT2D eigenvalue weighted by Crippen LogP contribution is 2.52. The van der Waals surface area contributed by atoms with Crippen molar-refractivity contribution in [1.82, 2.24) is 14.9 Å². The molecule has 4 heteroatoms. The maximum Gasteiger partial charge on any atom is 0.257 e. The second kappa shape index (κ2) is 4.27. The van der Waals surface area contributed by atoms with Crippen molar-refractivity contribution in [3.8, 4) is 0 Å². The molecule has 0 N–H and O–H groups in total. The first-order valence-corrected chi connectivity index (χ1v) is 7.37. The maximum absolute atomic E-state index is 12.8. The van der Waals surface area contributed by atoms with Gasteiger partial charge >= 0.3 is 0 Å². The number of hydrogen-bond acceptors (Lipinski definition) is 3. The zero-order valence-corrected chi connectivity index (χ0v) is 12.8. The fraction of sp³-hybridized carbons (Fsp3) is 0.688. The van der Waals surface area contributed by atoms with E-state index in [0.29, 0.717) is 17.0 Å². The van der Waals surface area contributed by atoms with Gasteiger partial charge in [-0.15, -0.1) is 0 Å². The monoisotopic (exact) mass is 273 g/mol. The molecule has 2 fully saturated rings. The Hall–Kier alpha value is -1.45. The molecule has 4 nitrogen and oxygen atoms in total. The highest BCUT2D eigenvalue weighted by atomic mass is 16.2. The van der Waals surface area contributed by atoms with Gasteiger partial charge in [0.2, 0.25) is 0 Å². The Bertz CT molecular complexity index is 554. The van der Waals surface area contributed by atoms with Gasteiger partial charge < -0.3 is 4.90 Å². The second-order valence-electron chi connectivity index (χ2n) is 7.67. The number of carbonyl (C=O) groups excluding carboxylic acids is 1. The summed E-state index contributed by atoms with van der Waals surface area (Å²) >= 11 is 0. The molecular formula is C16H23N3O. The third-order valence-electron chi connectivity index (χ3n) is 4.82. The molecule has 1 saturated carbocycles. The minimum Gasteiger partial charge on any atom is -0.335 e. The van der Waals surface area contributed by atoms with E-state index in [0.717, 1.165) is 25.1 Å².